The van der Waals surface area contributed by atoms with Crippen molar-refractivity contribution in [1.29, 1.82) is 0 Å². The van der Waals surface area contributed by atoms with E-state index >= 15 is 0 Å². The quantitative estimate of drug-likeness (QED) is 0.732. The smallest absolute Gasteiger partial charge is 0.126 e. The summed E-state index contributed by atoms with van der Waals surface area (Å²) in [6, 6.07) is 9.25. The van der Waals surface area contributed by atoms with Gasteiger partial charge >= 0.3 is 0 Å². The second-order valence-electron chi connectivity index (χ2n) is 4.98. The van der Waals surface area contributed by atoms with Gasteiger partial charge in [-0.15, -0.1) is 11.3 Å². The van der Waals surface area contributed by atoms with Gasteiger partial charge in [0.15, 0.2) is 0 Å². The van der Waals surface area contributed by atoms with Gasteiger partial charge in [-0.05, 0) is 49.7 Å². The Morgan fingerprint density at radius 2 is 1.81 bits per heavy atom. The highest BCUT2D eigenvalue weighted by Gasteiger charge is 2.09. The molecule has 0 saturated heterocycles. The molecule has 0 bridgehead atoms. The molecule has 0 aliphatic heterocycles. The maximum atomic E-state index is 13.3. The van der Waals surface area contributed by atoms with Crippen LogP contribution in [0.15, 0.2) is 36.4 Å². The van der Waals surface area contributed by atoms with E-state index in [0.29, 0.717) is 5.56 Å². The Morgan fingerprint density at radius 3 is 2.52 bits per heavy atom. The van der Waals surface area contributed by atoms with Crippen molar-refractivity contribution in [2.24, 2.45) is 0 Å². The van der Waals surface area contributed by atoms with Gasteiger partial charge in [0.2, 0.25) is 0 Å². The first-order chi connectivity index (χ1) is 10.0. The zero-order valence-corrected chi connectivity index (χ0v) is 12.5. The Hall–Kier alpha value is -2.01. The van der Waals surface area contributed by atoms with Crippen molar-refractivity contribution in [3.05, 3.63) is 58.6 Å². The van der Waals surface area contributed by atoms with E-state index in [4.69, 9.17) is 0 Å². The van der Waals surface area contributed by atoms with Crippen molar-refractivity contribution < 1.29 is 8.78 Å². The highest BCUT2D eigenvalue weighted by molar-refractivity contribution is 7.18. The number of nitrogens with zero attached hydrogens (tertiary/aromatic N) is 1. The van der Waals surface area contributed by atoms with Crippen LogP contribution in [0.4, 0.5) is 14.5 Å². The van der Waals surface area contributed by atoms with Crippen LogP contribution in [0.3, 0.4) is 0 Å². The highest BCUT2D eigenvalue weighted by atomic mass is 32.1. The number of hydrogen-bond donors (Lipinski definition) is 1. The van der Waals surface area contributed by atoms with Crippen molar-refractivity contribution in [3.8, 4) is 0 Å². The van der Waals surface area contributed by atoms with Gasteiger partial charge < -0.3 is 5.32 Å². The van der Waals surface area contributed by atoms with Crippen LogP contribution < -0.4 is 5.32 Å². The summed E-state index contributed by atoms with van der Waals surface area (Å²) >= 11 is 1.62. The molecule has 1 N–H and O–H groups in total. The molecule has 0 radical (unpaired) electrons. The van der Waals surface area contributed by atoms with E-state index in [-0.39, 0.29) is 6.04 Å². The first-order valence-electron chi connectivity index (χ1n) is 6.61. The Balaban J connectivity index is 1.86. The summed E-state index contributed by atoms with van der Waals surface area (Å²) in [7, 11) is 0. The summed E-state index contributed by atoms with van der Waals surface area (Å²) in [5.74, 6) is -1.13. The summed E-state index contributed by atoms with van der Waals surface area (Å²) in [6.45, 7) is 3.84. The molecule has 1 atom stereocenters. The molecule has 3 aromatic rings. The minimum absolute atomic E-state index is 0.193. The summed E-state index contributed by atoms with van der Waals surface area (Å²) in [5, 5.41) is 4.28. The lowest BCUT2D eigenvalue weighted by Gasteiger charge is -2.16. The molecule has 21 heavy (non-hydrogen) atoms. The fraction of sp³-hybridized carbons (Fsp3) is 0.188. The lowest BCUT2D eigenvalue weighted by Crippen LogP contribution is -2.07. The number of benzene rings is 2. The van der Waals surface area contributed by atoms with Gasteiger partial charge in [0.1, 0.15) is 11.6 Å². The molecule has 5 heteroatoms. The number of aromatic nitrogens is 1. The third kappa shape index (κ3) is 3.03. The number of halogens is 2. The third-order valence-electron chi connectivity index (χ3n) is 3.26. The Labute approximate surface area is 125 Å². The number of hydrogen-bond acceptors (Lipinski definition) is 3. The van der Waals surface area contributed by atoms with Crippen LogP contribution in [0.2, 0.25) is 0 Å². The van der Waals surface area contributed by atoms with Crippen LogP contribution in [0.1, 0.15) is 23.5 Å². The second-order valence-corrected chi connectivity index (χ2v) is 6.22. The second kappa shape index (κ2) is 5.41. The number of rotatable bonds is 3. The molecular formula is C16H14F2N2S. The molecular weight excluding hydrogens is 290 g/mol. The summed E-state index contributed by atoms with van der Waals surface area (Å²) in [6.07, 6.45) is 0. The van der Waals surface area contributed by atoms with Crippen molar-refractivity contribution in [2.45, 2.75) is 19.9 Å². The van der Waals surface area contributed by atoms with Crippen LogP contribution in [-0.4, -0.2) is 4.98 Å². The molecule has 0 saturated carbocycles. The topological polar surface area (TPSA) is 24.9 Å². The van der Waals surface area contributed by atoms with Gasteiger partial charge in [0.05, 0.1) is 15.2 Å². The van der Waals surface area contributed by atoms with E-state index < -0.39 is 11.6 Å². The van der Waals surface area contributed by atoms with Crippen molar-refractivity contribution >= 4 is 27.2 Å². The molecule has 1 heterocycles. The zero-order valence-electron chi connectivity index (χ0n) is 11.7. The van der Waals surface area contributed by atoms with Crippen molar-refractivity contribution in [3.63, 3.8) is 0 Å². The highest BCUT2D eigenvalue weighted by Crippen LogP contribution is 2.27. The van der Waals surface area contributed by atoms with E-state index in [0.717, 1.165) is 27.0 Å². The van der Waals surface area contributed by atoms with Gasteiger partial charge in [0.25, 0.3) is 0 Å². The van der Waals surface area contributed by atoms with Gasteiger partial charge in [0, 0.05) is 17.8 Å². The molecule has 108 valence electrons. The average Bonchev–Trinajstić information content (AvgIpc) is 2.77. The van der Waals surface area contributed by atoms with E-state index in [2.05, 4.69) is 10.3 Å². The van der Waals surface area contributed by atoms with Crippen LogP contribution in [-0.2, 0) is 0 Å². The lowest BCUT2D eigenvalue weighted by atomic mass is 10.1. The molecule has 0 amide bonds. The summed E-state index contributed by atoms with van der Waals surface area (Å²) < 4.78 is 27.6. The van der Waals surface area contributed by atoms with Gasteiger partial charge in [-0.3, -0.25) is 0 Å². The normalized spacial score (nSPS) is 12.6. The van der Waals surface area contributed by atoms with E-state index in [1.54, 1.807) is 11.3 Å². The van der Waals surface area contributed by atoms with Crippen molar-refractivity contribution in [2.75, 3.05) is 5.32 Å². The summed E-state index contributed by atoms with van der Waals surface area (Å²) in [4.78, 5) is 4.41. The summed E-state index contributed by atoms with van der Waals surface area (Å²) in [5.41, 5.74) is 2.45. The number of thiazole rings is 1. The predicted octanol–water partition coefficient (Wildman–Crippen LogP) is 5.06. The molecule has 1 aromatic heterocycles. The van der Waals surface area contributed by atoms with E-state index in [9.17, 15) is 8.78 Å². The Morgan fingerprint density at radius 1 is 1.10 bits per heavy atom. The molecule has 3 rings (SSSR count). The first kappa shape index (κ1) is 13.9. The van der Waals surface area contributed by atoms with Gasteiger partial charge in [-0.1, -0.05) is 0 Å². The largest absolute Gasteiger partial charge is 0.378 e. The lowest BCUT2D eigenvalue weighted by molar-refractivity contribution is 0.577. The van der Waals surface area contributed by atoms with Crippen LogP contribution in [0, 0.1) is 18.6 Å². The zero-order chi connectivity index (χ0) is 15.0. The molecule has 2 aromatic carbocycles. The average molecular weight is 304 g/mol. The Kier molecular flexibility index (Phi) is 3.59. The monoisotopic (exact) mass is 304 g/mol. The minimum atomic E-state index is -0.563. The standard InChI is InChI=1S/C16H14F2N2S/c1-9(11-5-12(17)7-13(18)6-11)19-14-3-4-15-16(8-14)21-10(2)20-15/h3-9,19H,1-2H3. The number of nitrogens with one attached hydrogen (secondary N) is 1. The Bertz CT molecular complexity index is 778. The number of anilines is 1. The van der Waals surface area contributed by atoms with Crippen LogP contribution >= 0.6 is 11.3 Å². The van der Waals surface area contributed by atoms with Crippen LogP contribution in [0.25, 0.3) is 10.2 Å². The SMILES string of the molecule is Cc1nc2ccc(NC(C)c3cc(F)cc(F)c3)cc2s1. The number of aryl methyl sites for hydroxylation is 1. The predicted molar refractivity (Wildman–Crippen MR) is 82.8 cm³/mol. The van der Waals surface area contributed by atoms with E-state index in [1.165, 1.54) is 12.1 Å². The van der Waals surface area contributed by atoms with Gasteiger partial charge in [-0.25, -0.2) is 13.8 Å². The van der Waals surface area contributed by atoms with E-state index in [1.807, 2.05) is 32.0 Å². The maximum Gasteiger partial charge on any atom is 0.126 e. The first-order valence-corrected chi connectivity index (χ1v) is 7.42. The van der Waals surface area contributed by atoms with Gasteiger partial charge in [-0.2, -0.15) is 0 Å². The minimum Gasteiger partial charge on any atom is -0.378 e. The number of fused-ring (bicyclic) bond motifs is 1. The third-order valence-corrected chi connectivity index (χ3v) is 4.20. The fourth-order valence-electron chi connectivity index (χ4n) is 2.29. The molecule has 2 nitrogen and oxygen atoms in total. The van der Waals surface area contributed by atoms with Crippen molar-refractivity contribution in [1.82, 2.24) is 4.98 Å². The van der Waals surface area contributed by atoms with Crippen LogP contribution in [0.5, 0.6) is 0 Å². The molecule has 0 fully saturated rings. The maximum absolute atomic E-state index is 13.3. The fourth-order valence-corrected chi connectivity index (χ4v) is 3.15. The molecule has 1 unspecified atom stereocenters. The molecule has 0 aliphatic carbocycles. The molecule has 0 aliphatic rings. The molecule has 0 spiro atoms.